The van der Waals surface area contributed by atoms with Gasteiger partial charge in [-0.2, -0.15) is 0 Å². The van der Waals surface area contributed by atoms with E-state index in [2.05, 4.69) is 0 Å². The molecule has 2 heterocycles. The fraction of sp³-hybridized carbons (Fsp3) is 0.733. The van der Waals surface area contributed by atoms with E-state index in [1.54, 1.807) is 13.8 Å². The van der Waals surface area contributed by atoms with E-state index >= 15 is 8.78 Å². The molecule has 0 bridgehead atoms. The van der Waals surface area contributed by atoms with Crippen LogP contribution in [-0.4, -0.2) is 76.1 Å². The first kappa shape index (κ1) is 29.0. The number of esters is 2. The molecule has 0 spiro atoms. The van der Waals surface area contributed by atoms with Crippen LogP contribution in [0, 0.1) is 28.6 Å². The number of carbonyl (C=O) groups is 4. The minimum absolute atomic E-state index is 0.0138. The number of allylic oxidation sites excluding steroid dienone is 4. The molecule has 41 heavy (non-hydrogen) atoms. The second kappa shape index (κ2) is 9.71. The minimum Gasteiger partial charge on any atom is -0.465 e. The number of hydrogen-bond acceptors (Lipinski definition) is 9. The van der Waals surface area contributed by atoms with E-state index in [4.69, 9.17) is 14.2 Å². The number of fused-ring (bicyclic) bond motifs is 5. The van der Waals surface area contributed by atoms with Crippen LogP contribution in [0.25, 0.3) is 0 Å². The van der Waals surface area contributed by atoms with Crippen molar-refractivity contribution < 1.29 is 47.3 Å². The summed E-state index contributed by atoms with van der Waals surface area (Å²) in [4.78, 5) is 52.3. The van der Waals surface area contributed by atoms with E-state index in [1.165, 1.54) is 19.1 Å². The van der Waals surface area contributed by atoms with Gasteiger partial charge in [0.1, 0.15) is 11.4 Å². The maximum absolute atomic E-state index is 17.6. The first-order valence-corrected chi connectivity index (χ1v) is 15.4. The molecule has 8 nitrogen and oxygen atoms in total. The topological polar surface area (TPSA) is 116 Å². The molecule has 11 atom stereocenters. The molecular formula is C30H36F2O8S. The summed E-state index contributed by atoms with van der Waals surface area (Å²) in [5.74, 6) is -3.97. The lowest BCUT2D eigenvalue weighted by Gasteiger charge is -2.63. The van der Waals surface area contributed by atoms with E-state index in [0.717, 1.165) is 17.8 Å². The number of ether oxygens (including phenoxy) is 3. The van der Waals surface area contributed by atoms with Crippen LogP contribution in [0.4, 0.5) is 8.78 Å². The van der Waals surface area contributed by atoms with Gasteiger partial charge >= 0.3 is 11.9 Å². The Morgan fingerprint density at radius 2 is 1.90 bits per heavy atom. The van der Waals surface area contributed by atoms with Crippen molar-refractivity contribution in [3.05, 3.63) is 23.8 Å². The summed E-state index contributed by atoms with van der Waals surface area (Å²) >= 11 is 0.763. The number of aliphatic hydroxyl groups excluding tert-OH is 1. The standard InChI is InChI=1S/C30H36F2O8S/c1-15-11-17-18-13-20(31)19-12-16(33)6-8-27(19,2)29(18,32)23(34)14-28(17,3)30(15,40-24(35)21-5-4-9-38-21)26(37)41-22-7-10-39-25(22)36/h6,8,12,15,17-18,20-23,34H,4-5,7,9-11,13-14H2,1-3H3/t15-,17+,18+,20+,21?,22+,23+,27+,28+,29+,30+/m1/s1. The van der Waals surface area contributed by atoms with Gasteiger partial charge in [0, 0.05) is 35.7 Å². The number of alkyl halides is 2. The Labute approximate surface area is 241 Å². The van der Waals surface area contributed by atoms with E-state index in [0.29, 0.717) is 25.9 Å². The summed E-state index contributed by atoms with van der Waals surface area (Å²) in [5.41, 5.74) is -6.99. The number of cyclic esters (lactones) is 1. The molecule has 5 fully saturated rings. The molecule has 4 aliphatic carbocycles. The molecule has 1 N–H and O–H groups in total. The molecule has 0 aromatic heterocycles. The average molecular weight is 595 g/mol. The van der Waals surface area contributed by atoms with Crippen molar-refractivity contribution in [2.24, 2.45) is 28.6 Å². The van der Waals surface area contributed by atoms with Crippen molar-refractivity contribution in [2.45, 2.75) is 94.2 Å². The number of thioether (sulfide) groups is 1. The molecule has 0 aromatic rings. The molecule has 0 radical (unpaired) electrons. The number of aliphatic hydroxyl groups is 1. The van der Waals surface area contributed by atoms with Gasteiger partial charge in [-0.05, 0) is 62.7 Å². The molecular weight excluding hydrogens is 558 g/mol. The largest absolute Gasteiger partial charge is 0.465 e. The smallest absolute Gasteiger partial charge is 0.336 e. The van der Waals surface area contributed by atoms with Gasteiger partial charge in [0.2, 0.25) is 5.12 Å². The Hall–Kier alpha value is -2.11. The third-order valence-corrected chi connectivity index (χ3v) is 12.3. The highest BCUT2D eigenvalue weighted by atomic mass is 32.2. The number of carbonyl (C=O) groups excluding carboxylic acids is 4. The zero-order valence-electron chi connectivity index (χ0n) is 23.4. The third kappa shape index (κ3) is 3.83. The van der Waals surface area contributed by atoms with Gasteiger partial charge in [-0.15, -0.1) is 0 Å². The van der Waals surface area contributed by atoms with Crippen molar-refractivity contribution in [1.82, 2.24) is 0 Å². The van der Waals surface area contributed by atoms with Crippen molar-refractivity contribution >= 4 is 34.6 Å². The molecule has 11 heteroatoms. The van der Waals surface area contributed by atoms with E-state index in [9.17, 15) is 24.3 Å². The van der Waals surface area contributed by atoms with Crippen molar-refractivity contribution in [1.29, 1.82) is 0 Å². The summed E-state index contributed by atoms with van der Waals surface area (Å²) in [6, 6.07) is 0. The fourth-order valence-electron chi connectivity index (χ4n) is 9.01. The Morgan fingerprint density at radius 1 is 1.15 bits per heavy atom. The van der Waals surface area contributed by atoms with Crippen molar-refractivity contribution in [2.75, 3.05) is 13.2 Å². The molecule has 3 saturated carbocycles. The average Bonchev–Trinajstić information content (AvgIpc) is 3.64. The minimum atomic E-state index is -2.33. The monoisotopic (exact) mass is 594 g/mol. The highest BCUT2D eigenvalue weighted by Crippen LogP contribution is 2.72. The van der Waals surface area contributed by atoms with Crippen LogP contribution in [0.15, 0.2) is 23.8 Å². The number of hydrogen-bond donors (Lipinski definition) is 1. The van der Waals surface area contributed by atoms with Crippen LogP contribution in [0.3, 0.4) is 0 Å². The molecule has 2 saturated heterocycles. The SMILES string of the molecule is C[C@@H]1C[C@H]2[C@@H]3C[C@H](F)C4=CC(=O)C=C[C@]4(C)[C@@]3(F)[C@@H](O)C[C@]2(C)[C@@]1(OC(=O)C1CCCO1)C(=O)S[C@H]1CCOC1=O. The Balaban J connectivity index is 1.44. The summed E-state index contributed by atoms with van der Waals surface area (Å²) in [7, 11) is 0. The number of rotatable bonds is 4. The summed E-state index contributed by atoms with van der Waals surface area (Å²) < 4.78 is 50.3. The van der Waals surface area contributed by atoms with Crippen LogP contribution in [0.5, 0.6) is 0 Å². The third-order valence-electron chi connectivity index (χ3n) is 11.1. The van der Waals surface area contributed by atoms with Gasteiger partial charge in [0.05, 0.1) is 12.7 Å². The number of ketones is 1. The maximum atomic E-state index is 17.6. The van der Waals surface area contributed by atoms with Crippen LogP contribution in [0.1, 0.15) is 59.3 Å². The summed E-state index contributed by atoms with van der Waals surface area (Å²) in [5, 5.41) is 10.4. The fourth-order valence-corrected chi connectivity index (χ4v) is 10.3. The Morgan fingerprint density at radius 3 is 2.56 bits per heavy atom. The predicted octanol–water partition coefficient (Wildman–Crippen LogP) is 3.59. The van der Waals surface area contributed by atoms with Crippen LogP contribution >= 0.6 is 11.8 Å². The van der Waals surface area contributed by atoms with Gasteiger partial charge in [0.15, 0.2) is 23.2 Å². The normalized spacial score (nSPS) is 48.6. The van der Waals surface area contributed by atoms with Gasteiger partial charge < -0.3 is 19.3 Å². The van der Waals surface area contributed by atoms with E-state index < -0.39 is 86.3 Å². The highest BCUT2D eigenvalue weighted by Gasteiger charge is 2.78. The van der Waals surface area contributed by atoms with Gasteiger partial charge in [-0.3, -0.25) is 14.4 Å². The molecule has 0 amide bonds. The Bertz CT molecular complexity index is 1250. The first-order chi connectivity index (χ1) is 19.3. The molecule has 6 rings (SSSR count). The quantitative estimate of drug-likeness (QED) is 0.488. The highest BCUT2D eigenvalue weighted by molar-refractivity contribution is 8.14. The second-order valence-corrected chi connectivity index (χ2v) is 14.2. The first-order valence-electron chi connectivity index (χ1n) is 14.5. The van der Waals surface area contributed by atoms with Crippen LogP contribution in [-0.2, 0) is 33.4 Å². The lowest BCUT2D eigenvalue weighted by atomic mass is 9.44. The Kier molecular flexibility index (Phi) is 6.86. The van der Waals surface area contributed by atoms with E-state index in [-0.39, 0.29) is 31.4 Å². The molecule has 6 aliphatic rings. The van der Waals surface area contributed by atoms with Crippen molar-refractivity contribution in [3.8, 4) is 0 Å². The predicted molar refractivity (Wildman–Crippen MR) is 143 cm³/mol. The van der Waals surface area contributed by atoms with Crippen LogP contribution < -0.4 is 0 Å². The molecule has 2 aliphatic heterocycles. The maximum Gasteiger partial charge on any atom is 0.336 e. The van der Waals surface area contributed by atoms with Gasteiger partial charge in [-0.25, -0.2) is 13.6 Å². The van der Waals surface area contributed by atoms with Gasteiger partial charge in [0.25, 0.3) is 0 Å². The molecule has 0 aromatic carbocycles. The lowest BCUT2D eigenvalue weighted by molar-refractivity contribution is -0.231. The van der Waals surface area contributed by atoms with Gasteiger partial charge in [-0.1, -0.05) is 31.7 Å². The van der Waals surface area contributed by atoms with E-state index in [1.807, 2.05) is 0 Å². The molecule has 224 valence electrons. The zero-order chi connectivity index (χ0) is 29.5. The molecule has 1 unspecified atom stereocenters. The van der Waals surface area contributed by atoms with Crippen LogP contribution in [0.2, 0.25) is 0 Å². The van der Waals surface area contributed by atoms with Crippen molar-refractivity contribution in [3.63, 3.8) is 0 Å². The number of halogens is 2. The second-order valence-electron chi connectivity index (χ2n) is 13.0. The zero-order valence-corrected chi connectivity index (χ0v) is 24.2. The summed E-state index contributed by atoms with van der Waals surface area (Å²) in [6.45, 7) is 5.55. The lowest BCUT2D eigenvalue weighted by Crippen LogP contribution is -2.71. The summed E-state index contributed by atoms with van der Waals surface area (Å²) in [6.07, 6.45) is 0.699.